The average Bonchev–Trinajstić information content (AvgIpc) is 3.58. The summed E-state index contributed by atoms with van der Waals surface area (Å²) in [5, 5.41) is 0. The SMILES string of the molecule is O=C(Oc1cccc(N2C(=O)[C@@H]3[C@H]4CC[C@@H](C4)[C@H]3C2=O)c1)[C@@H]1CC(=O)N(c2ccccc2)C1. The van der Waals surface area contributed by atoms with Gasteiger partial charge < -0.3 is 9.64 Å². The monoisotopic (exact) mass is 444 g/mol. The summed E-state index contributed by atoms with van der Waals surface area (Å²) >= 11 is 0. The Morgan fingerprint density at radius 3 is 2.21 bits per heavy atom. The van der Waals surface area contributed by atoms with Gasteiger partial charge in [-0.25, -0.2) is 4.90 Å². The predicted molar refractivity (Wildman–Crippen MR) is 119 cm³/mol. The van der Waals surface area contributed by atoms with Crippen LogP contribution in [0.5, 0.6) is 5.75 Å². The van der Waals surface area contributed by atoms with E-state index in [1.807, 2.05) is 30.3 Å². The molecule has 0 unspecified atom stereocenters. The van der Waals surface area contributed by atoms with Crippen LogP contribution >= 0.6 is 0 Å². The summed E-state index contributed by atoms with van der Waals surface area (Å²) in [5.41, 5.74) is 1.20. The fourth-order valence-corrected chi connectivity index (χ4v) is 6.27. The number of fused-ring (bicyclic) bond motifs is 5. The van der Waals surface area contributed by atoms with Crippen molar-refractivity contribution < 1.29 is 23.9 Å². The van der Waals surface area contributed by atoms with Crippen molar-refractivity contribution >= 4 is 35.1 Å². The molecule has 4 fully saturated rings. The van der Waals surface area contributed by atoms with Crippen molar-refractivity contribution in [1.29, 1.82) is 0 Å². The third kappa shape index (κ3) is 3.17. The van der Waals surface area contributed by atoms with Gasteiger partial charge in [0.2, 0.25) is 17.7 Å². The zero-order chi connectivity index (χ0) is 22.7. The lowest BCUT2D eigenvalue weighted by molar-refractivity contribution is -0.139. The van der Waals surface area contributed by atoms with Gasteiger partial charge >= 0.3 is 5.97 Å². The molecule has 5 atom stereocenters. The number of hydrogen-bond acceptors (Lipinski definition) is 5. The molecule has 0 N–H and O–H groups in total. The van der Waals surface area contributed by atoms with Gasteiger partial charge in [0.1, 0.15) is 5.75 Å². The number of anilines is 2. The second kappa shape index (κ2) is 7.54. The first kappa shape index (κ1) is 20.1. The predicted octanol–water partition coefficient (Wildman–Crippen LogP) is 3.18. The number of imide groups is 1. The number of ether oxygens (including phenoxy) is 1. The standard InChI is InChI=1S/C26H24N2O5/c29-21-12-17(14-27(21)18-5-2-1-3-6-18)26(32)33-20-8-4-7-19(13-20)28-24(30)22-15-9-10-16(11-15)23(22)25(28)31/h1-8,13,15-17,22-23H,9-12,14H2/t15-,16-,17+,22+,23+/m0/s1. The molecule has 2 aromatic rings. The Bertz CT molecular complexity index is 1130. The molecule has 7 heteroatoms. The van der Waals surface area contributed by atoms with E-state index in [4.69, 9.17) is 4.74 Å². The molecule has 2 aliphatic carbocycles. The molecule has 3 amide bonds. The van der Waals surface area contributed by atoms with Gasteiger partial charge in [-0.3, -0.25) is 19.2 Å². The van der Waals surface area contributed by atoms with Gasteiger partial charge in [0.25, 0.3) is 0 Å². The van der Waals surface area contributed by atoms with Gasteiger partial charge in [-0.2, -0.15) is 0 Å². The van der Waals surface area contributed by atoms with Crippen LogP contribution in [0.3, 0.4) is 0 Å². The van der Waals surface area contributed by atoms with Crippen molar-refractivity contribution in [3.63, 3.8) is 0 Å². The smallest absolute Gasteiger partial charge is 0.316 e. The third-order valence-electron chi connectivity index (χ3n) is 7.75. The lowest BCUT2D eigenvalue weighted by atomic mass is 9.81. The first-order chi connectivity index (χ1) is 16.0. The molecule has 4 aliphatic rings. The van der Waals surface area contributed by atoms with E-state index >= 15 is 0 Å². The summed E-state index contributed by atoms with van der Waals surface area (Å²) in [6.07, 6.45) is 3.12. The summed E-state index contributed by atoms with van der Waals surface area (Å²) in [6, 6.07) is 15.8. The normalized spacial score (nSPS) is 30.3. The van der Waals surface area contributed by atoms with E-state index in [9.17, 15) is 19.2 Å². The van der Waals surface area contributed by atoms with Gasteiger partial charge in [-0.15, -0.1) is 0 Å². The van der Waals surface area contributed by atoms with E-state index in [1.165, 1.54) is 4.90 Å². The highest BCUT2D eigenvalue weighted by atomic mass is 16.5. The van der Waals surface area contributed by atoms with Crippen LogP contribution in [-0.4, -0.2) is 30.2 Å². The largest absolute Gasteiger partial charge is 0.426 e. The Morgan fingerprint density at radius 1 is 0.848 bits per heavy atom. The fourth-order valence-electron chi connectivity index (χ4n) is 6.27. The maximum absolute atomic E-state index is 13.1. The third-order valence-corrected chi connectivity index (χ3v) is 7.75. The molecule has 0 spiro atoms. The first-order valence-electron chi connectivity index (χ1n) is 11.6. The van der Waals surface area contributed by atoms with Crippen LogP contribution in [0.25, 0.3) is 0 Å². The molecule has 2 aromatic carbocycles. The number of esters is 1. The average molecular weight is 444 g/mol. The van der Waals surface area contributed by atoms with Crippen molar-refractivity contribution in [2.45, 2.75) is 25.7 Å². The number of para-hydroxylation sites is 1. The summed E-state index contributed by atoms with van der Waals surface area (Å²) in [5.74, 6) is -0.938. The summed E-state index contributed by atoms with van der Waals surface area (Å²) in [4.78, 5) is 54.3. The van der Waals surface area contributed by atoms with Crippen LogP contribution in [0, 0.1) is 29.6 Å². The number of rotatable bonds is 4. The number of hydrogen-bond donors (Lipinski definition) is 0. The molecule has 2 bridgehead atoms. The van der Waals surface area contributed by atoms with E-state index in [1.54, 1.807) is 29.2 Å². The molecule has 6 rings (SSSR count). The highest BCUT2D eigenvalue weighted by Crippen LogP contribution is 2.56. The van der Waals surface area contributed by atoms with Crippen molar-refractivity contribution in [3.05, 3.63) is 54.6 Å². The van der Waals surface area contributed by atoms with Gasteiger partial charge in [0.15, 0.2) is 0 Å². The molecule has 33 heavy (non-hydrogen) atoms. The van der Waals surface area contributed by atoms with Gasteiger partial charge in [-0.05, 0) is 55.4 Å². The highest BCUT2D eigenvalue weighted by molar-refractivity contribution is 6.22. The molecule has 2 saturated heterocycles. The van der Waals surface area contributed by atoms with Crippen LogP contribution in [0.4, 0.5) is 11.4 Å². The Labute approximate surface area is 191 Å². The van der Waals surface area contributed by atoms with Crippen LogP contribution in [0.2, 0.25) is 0 Å². The second-order valence-electron chi connectivity index (χ2n) is 9.56. The van der Waals surface area contributed by atoms with Crippen molar-refractivity contribution in [2.75, 3.05) is 16.3 Å². The Hall–Kier alpha value is -3.48. The van der Waals surface area contributed by atoms with E-state index in [0.717, 1.165) is 24.9 Å². The Balaban J connectivity index is 1.17. The summed E-state index contributed by atoms with van der Waals surface area (Å²) < 4.78 is 5.58. The molecular formula is C26H24N2O5. The number of carbonyl (C=O) groups is 4. The molecule has 2 saturated carbocycles. The van der Waals surface area contributed by atoms with Crippen molar-refractivity contribution in [2.24, 2.45) is 29.6 Å². The van der Waals surface area contributed by atoms with Crippen molar-refractivity contribution in [1.82, 2.24) is 0 Å². The minimum absolute atomic E-state index is 0.0860. The zero-order valence-electron chi connectivity index (χ0n) is 18.1. The minimum Gasteiger partial charge on any atom is -0.426 e. The van der Waals surface area contributed by atoms with E-state index in [-0.39, 0.29) is 48.3 Å². The second-order valence-corrected chi connectivity index (χ2v) is 9.56. The van der Waals surface area contributed by atoms with Crippen LogP contribution in [-0.2, 0) is 19.2 Å². The topological polar surface area (TPSA) is 84.0 Å². The molecule has 168 valence electrons. The lowest BCUT2D eigenvalue weighted by Crippen LogP contribution is -2.32. The highest BCUT2D eigenvalue weighted by Gasteiger charge is 2.61. The number of nitrogens with zero attached hydrogens (tertiary/aromatic N) is 2. The maximum atomic E-state index is 13.1. The quantitative estimate of drug-likeness (QED) is 0.411. The van der Waals surface area contributed by atoms with Crippen LogP contribution in [0.1, 0.15) is 25.7 Å². The molecule has 2 heterocycles. The van der Waals surface area contributed by atoms with E-state index < -0.39 is 11.9 Å². The van der Waals surface area contributed by atoms with E-state index in [0.29, 0.717) is 17.5 Å². The van der Waals surface area contributed by atoms with Crippen molar-refractivity contribution in [3.8, 4) is 5.75 Å². The maximum Gasteiger partial charge on any atom is 0.316 e. The van der Waals surface area contributed by atoms with Crippen LogP contribution < -0.4 is 14.5 Å². The minimum atomic E-state index is -0.577. The fraction of sp³-hybridized carbons (Fsp3) is 0.385. The molecule has 0 aromatic heterocycles. The first-order valence-corrected chi connectivity index (χ1v) is 11.6. The number of amides is 3. The zero-order valence-corrected chi connectivity index (χ0v) is 18.1. The molecule has 7 nitrogen and oxygen atoms in total. The number of carbonyl (C=O) groups excluding carboxylic acids is 4. The van der Waals surface area contributed by atoms with Gasteiger partial charge in [0, 0.05) is 24.7 Å². The molecule has 2 aliphatic heterocycles. The summed E-state index contributed by atoms with van der Waals surface area (Å²) in [7, 11) is 0. The summed E-state index contributed by atoms with van der Waals surface area (Å²) in [6.45, 7) is 0.261. The van der Waals surface area contributed by atoms with Gasteiger partial charge in [0.05, 0.1) is 23.4 Å². The van der Waals surface area contributed by atoms with Crippen LogP contribution in [0.15, 0.2) is 54.6 Å². The van der Waals surface area contributed by atoms with Gasteiger partial charge in [-0.1, -0.05) is 24.3 Å². The number of benzene rings is 2. The Kier molecular flexibility index (Phi) is 4.60. The molecule has 0 radical (unpaired) electrons. The van der Waals surface area contributed by atoms with E-state index in [2.05, 4.69) is 0 Å². The lowest BCUT2D eigenvalue weighted by Gasteiger charge is -2.19. The Morgan fingerprint density at radius 2 is 1.52 bits per heavy atom. The molecular weight excluding hydrogens is 420 g/mol.